The maximum Gasteiger partial charge on any atom is 0.306 e. The summed E-state index contributed by atoms with van der Waals surface area (Å²) in [5.41, 5.74) is 0. The Bertz CT molecular complexity index is 1710. The standard InChI is InChI=1S/C74H135N2O7P/c1-7-10-13-16-19-22-25-28-30-32-34-36-37-38-39-41-42-44-46-48-51-54-57-60-63-66-73(77)75-71(70-82-84(79,80)81-69-68-76(4,5)6)72(65-62-59-56-53-50-27-24-21-18-15-12-9-3)83-74(78)67-64-61-58-55-52-49-47-45-43-40-35-33-31-29-26-23-20-17-14-11-8-2/h19-20,22-23,28-31,34,36,38-39,62,65,71-72H,7-18,21,24-27,32-33,35,37,40-61,63-64,66-70H2,1-6H3,(H-,75,77,79,80)/b22-19-,23-20-,30-28-,31-29-,36-34-,39-38-,65-62-. The second kappa shape index (κ2) is 63.2. The van der Waals surface area contributed by atoms with Gasteiger partial charge in [0.05, 0.1) is 33.8 Å². The second-order valence-corrected chi connectivity index (χ2v) is 26.4. The summed E-state index contributed by atoms with van der Waals surface area (Å²) in [5, 5.41) is 3.04. The SMILES string of the molecule is CCCCC/C=C\C/C=C\C/C=C\C/C=C\CCCCCCCCCCCC(=O)NC(COP(=O)([O-])OCC[N+](C)(C)C)C(/C=C\CCCCCCCCCCCC)OC(=O)CCCCCCCCCCCCC/C=C\C/C=C\CCCCC. The number of quaternary nitrogens is 1. The topological polar surface area (TPSA) is 114 Å². The van der Waals surface area contributed by atoms with Crippen LogP contribution in [0.5, 0.6) is 0 Å². The lowest BCUT2D eigenvalue weighted by atomic mass is 10.0. The van der Waals surface area contributed by atoms with Gasteiger partial charge in [0.15, 0.2) is 0 Å². The summed E-state index contributed by atoms with van der Waals surface area (Å²) in [6, 6.07) is -0.897. The molecule has 10 heteroatoms. The lowest BCUT2D eigenvalue weighted by molar-refractivity contribution is -0.870. The van der Waals surface area contributed by atoms with Crippen molar-refractivity contribution in [3.8, 4) is 0 Å². The van der Waals surface area contributed by atoms with E-state index < -0.39 is 26.6 Å². The summed E-state index contributed by atoms with van der Waals surface area (Å²) in [7, 11) is 1.18. The fraction of sp³-hybridized carbons (Fsp3) is 0.784. The maximum absolute atomic E-state index is 13.6. The van der Waals surface area contributed by atoms with Gasteiger partial charge in [-0.1, -0.05) is 286 Å². The lowest BCUT2D eigenvalue weighted by Crippen LogP contribution is -2.47. The van der Waals surface area contributed by atoms with Gasteiger partial charge < -0.3 is 28.5 Å². The first kappa shape index (κ1) is 81.2. The zero-order chi connectivity index (χ0) is 61.4. The van der Waals surface area contributed by atoms with Crippen LogP contribution in [-0.2, 0) is 27.9 Å². The van der Waals surface area contributed by atoms with Crippen molar-refractivity contribution >= 4 is 19.7 Å². The smallest absolute Gasteiger partial charge is 0.306 e. The quantitative estimate of drug-likeness (QED) is 0.0212. The highest BCUT2D eigenvalue weighted by Crippen LogP contribution is 2.38. The molecule has 488 valence electrons. The summed E-state index contributed by atoms with van der Waals surface area (Å²) in [6.45, 7) is 6.81. The highest BCUT2D eigenvalue weighted by molar-refractivity contribution is 7.45. The Labute approximate surface area is 520 Å². The van der Waals surface area contributed by atoms with E-state index in [0.29, 0.717) is 17.4 Å². The number of amides is 1. The molecule has 3 atom stereocenters. The number of nitrogens with zero attached hydrogens (tertiary/aromatic N) is 1. The Morgan fingerprint density at radius 3 is 1.11 bits per heavy atom. The van der Waals surface area contributed by atoms with E-state index in [1.165, 1.54) is 193 Å². The molecule has 0 rings (SSSR count). The molecule has 0 radical (unpaired) electrons. The van der Waals surface area contributed by atoms with Crippen LogP contribution >= 0.6 is 7.82 Å². The predicted octanol–water partition coefficient (Wildman–Crippen LogP) is 21.9. The first-order valence-electron chi connectivity index (χ1n) is 35.4. The highest BCUT2D eigenvalue weighted by Gasteiger charge is 2.27. The molecule has 0 aliphatic rings. The molecule has 0 saturated heterocycles. The van der Waals surface area contributed by atoms with Crippen molar-refractivity contribution in [3.05, 3.63) is 85.1 Å². The Morgan fingerprint density at radius 1 is 0.417 bits per heavy atom. The molecule has 0 heterocycles. The molecule has 0 aromatic heterocycles. The molecule has 0 bridgehead atoms. The summed E-state index contributed by atoms with van der Waals surface area (Å²) in [5.74, 6) is -0.544. The third-order valence-corrected chi connectivity index (χ3v) is 16.5. The zero-order valence-electron chi connectivity index (χ0n) is 55.8. The molecule has 1 N–H and O–H groups in total. The number of allylic oxidation sites excluding steroid dienone is 13. The first-order valence-corrected chi connectivity index (χ1v) is 36.9. The molecule has 0 saturated carbocycles. The molecule has 0 aliphatic carbocycles. The first-order chi connectivity index (χ1) is 40.9. The zero-order valence-corrected chi connectivity index (χ0v) is 56.7. The van der Waals surface area contributed by atoms with Crippen LogP contribution in [0.25, 0.3) is 0 Å². The number of hydrogen-bond acceptors (Lipinski definition) is 7. The fourth-order valence-electron chi connectivity index (χ4n) is 10.1. The van der Waals surface area contributed by atoms with E-state index >= 15 is 0 Å². The van der Waals surface area contributed by atoms with E-state index in [-0.39, 0.29) is 24.9 Å². The number of nitrogens with one attached hydrogen (secondary N) is 1. The number of phosphoric acid groups is 1. The van der Waals surface area contributed by atoms with Gasteiger partial charge in [0.1, 0.15) is 19.3 Å². The van der Waals surface area contributed by atoms with Crippen LogP contribution in [0.3, 0.4) is 0 Å². The number of carbonyl (C=O) groups is 2. The number of ether oxygens (including phenoxy) is 1. The van der Waals surface area contributed by atoms with Gasteiger partial charge in [0.25, 0.3) is 7.82 Å². The van der Waals surface area contributed by atoms with Gasteiger partial charge in [0, 0.05) is 12.8 Å². The van der Waals surface area contributed by atoms with Crippen molar-refractivity contribution in [2.45, 2.75) is 335 Å². The van der Waals surface area contributed by atoms with Crippen molar-refractivity contribution in [2.75, 3.05) is 40.9 Å². The number of phosphoric ester groups is 1. The average Bonchev–Trinajstić information content (AvgIpc) is 3.64. The number of carbonyl (C=O) groups excluding carboxylic acids is 2. The predicted molar refractivity (Wildman–Crippen MR) is 362 cm³/mol. The summed E-state index contributed by atoms with van der Waals surface area (Å²) in [6.07, 6.45) is 84.1. The van der Waals surface area contributed by atoms with Crippen molar-refractivity contribution in [3.63, 3.8) is 0 Å². The van der Waals surface area contributed by atoms with E-state index in [2.05, 4.69) is 99.0 Å². The highest BCUT2D eigenvalue weighted by atomic mass is 31.2. The van der Waals surface area contributed by atoms with Crippen LogP contribution in [0.4, 0.5) is 0 Å². The molecule has 84 heavy (non-hydrogen) atoms. The van der Waals surface area contributed by atoms with E-state index in [4.69, 9.17) is 13.8 Å². The van der Waals surface area contributed by atoms with Gasteiger partial charge in [-0.05, 0) is 109 Å². The van der Waals surface area contributed by atoms with Crippen LogP contribution < -0.4 is 10.2 Å². The van der Waals surface area contributed by atoms with E-state index in [1.807, 2.05) is 33.3 Å². The Balaban J connectivity index is 5.10. The van der Waals surface area contributed by atoms with Crippen LogP contribution in [0.2, 0.25) is 0 Å². The third kappa shape index (κ3) is 63.7. The van der Waals surface area contributed by atoms with Gasteiger partial charge in [-0.3, -0.25) is 14.2 Å². The molecule has 0 aromatic carbocycles. The Kier molecular flexibility index (Phi) is 61.1. The Morgan fingerprint density at radius 2 is 0.726 bits per heavy atom. The summed E-state index contributed by atoms with van der Waals surface area (Å²) >= 11 is 0. The number of likely N-dealkylation sites (N-methyl/N-ethyl adjacent to an activating group) is 1. The summed E-state index contributed by atoms with van der Waals surface area (Å²) in [4.78, 5) is 40.2. The van der Waals surface area contributed by atoms with Crippen LogP contribution in [0.15, 0.2) is 85.1 Å². The van der Waals surface area contributed by atoms with E-state index in [9.17, 15) is 19.0 Å². The molecule has 0 spiro atoms. The minimum absolute atomic E-state index is 0.0263. The maximum atomic E-state index is 13.6. The molecule has 3 unspecified atom stereocenters. The Hall–Kier alpha value is -2.81. The van der Waals surface area contributed by atoms with Crippen molar-refractivity contribution in [1.82, 2.24) is 5.32 Å². The molecule has 0 aromatic rings. The van der Waals surface area contributed by atoms with Crippen molar-refractivity contribution < 1.29 is 37.3 Å². The minimum Gasteiger partial charge on any atom is -0.756 e. The molecule has 0 fully saturated rings. The molecular weight excluding hydrogens is 1060 g/mol. The normalized spacial score (nSPS) is 14.0. The van der Waals surface area contributed by atoms with E-state index in [1.54, 1.807) is 0 Å². The molecular formula is C74H135N2O7P. The molecule has 1 amide bonds. The monoisotopic (exact) mass is 1200 g/mol. The molecule has 9 nitrogen and oxygen atoms in total. The second-order valence-electron chi connectivity index (χ2n) is 25.0. The minimum atomic E-state index is -4.71. The number of rotatable bonds is 64. The number of unbranched alkanes of at least 4 members (excludes halogenated alkanes) is 36. The van der Waals surface area contributed by atoms with Crippen molar-refractivity contribution in [1.29, 1.82) is 0 Å². The number of hydrogen-bond donors (Lipinski definition) is 1. The van der Waals surface area contributed by atoms with Gasteiger partial charge in [-0.15, -0.1) is 0 Å². The van der Waals surface area contributed by atoms with E-state index in [0.717, 1.165) is 96.3 Å². The van der Waals surface area contributed by atoms with Crippen LogP contribution in [0.1, 0.15) is 323 Å². The van der Waals surface area contributed by atoms with Gasteiger partial charge in [0.2, 0.25) is 5.91 Å². The van der Waals surface area contributed by atoms with Gasteiger partial charge >= 0.3 is 5.97 Å². The largest absolute Gasteiger partial charge is 0.756 e. The van der Waals surface area contributed by atoms with Gasteiger partial charge in [-0.2, -0.15) is 0 Å². The fourth-order valence-corrected chi connectivity index (χ4v) is 10.8. The molecule has 0 aliphatic heterocycles. The van der Waals surface area contributed by atoms with Crippen LogP contribution in [0, 0.1) is 0 Å². The van der Waals surface area contributed by atoms with Crippen LogP contribution in [-0.4, -0.2) is 69.4 Å². The average molecular weight is 1200 g/mol. The third-order valence-electron chi connectivity index (χ3n) is 15.5. The summed E-state index contributed by atoms with van der Waals surface area (Å²) < 4.78 is 30.4. The lowest BCUT2D eigenvalue weighted by Gasteiger charge is -2.30. The van der Waals surface area contributed by atoms with Gasteiger partial charge in [-0.25, -0.2) is 0 Å². The number of esters is 1. The van der Waals surface area contributed by atoms with Crippen molar-refractivity contribution in [2.24, 2.45) is 0 Å².